The Labute approximate surface area is 202 Å². The average molecular weight is 503 g/mol. The Balaban J connectivity index is 1.93. The van der Waals surface area contributed by atoms with E-state index >= 15 is 0 Å². The maximum Gasteiger partial charge on any atom is 0.272 e. The maximum atomic E-state index is 13.0. The molecule has 0 fully saturated rings. The number of aromatic nitrogens is 3. The van der Waals surface area contributed by atoms with E-state index in [1.165, 1.54) is 17.8 Å². The van der Waals surface area contributed by atoms with Crippen molar-refractivity contribution in [3.63, 3.8) is 0 Å². The molecule has 0 saturated heterocycles. The SMILES string of the molecule is CC[C@@H](C)NS(=O)(=O)c1cc([N+](=O)[O-])ccc1Oc1c(C)c(C(=O)NCc2cccnc2)nn1C. The zero-order valence-corrected chi connectivity index (χ0v) is 20.5. The number of nitrogens with zero attached hydrogens (tertiary/aromatic N) is 4. The fourth-order valence-corrected chi connectivity index (χ4v) is 4.64. The minimum Gasteiger partial charge on any atom is -0.438 e. The minimum absolute atomic E-state index is 0.0930. The number of carbonyl (C=O) groups is 1. The number of hydrogen-bond donors (Lipinski definition) is 2. The number of nitro benzene ring substituents is 1. The summed E-state index contributed by atoms with van der Waals surface area (Å²) in [5.74, 6) is -0.475. The zero-order chi connectivity index (χ0) is 25.8. The molecule has 0 saturated carbocycles. The second-order valence-electron chi connectivity index (χ2n) is 7.87. The van der Waals surface area contributed by atoms with Crippen LogP contribution in [0.4, 0.5) is 5.69 Å². The Morgan fingerprint density at radius 2 is 2.06 bits per heavy atom. The Bertz CT molecular complexity index is 1340. The van der Waals surface area contributed by atoms with Crippen molar-refractivity contribution in [1.82, 2.24) is 24.8 Å². The molecule has 0 unspecified atom stereocenters. The van der Waals surface area contributed by atoms with Crippen molar-refractivity contribution in [3.8, 4) is 11.6 Å². The van der Waals surface area contributed by atoms with Gasteiger partial charge in [0.2, 0.25) is 15.9 Å². The first-order valence-electron chi connectivity index (χ1n) is 10.7. The van der Waals surface area contributed by atoms with Crippen LogP contribution in [0.2, 0.25) is 0 Å². The number of ether oxygens (including phenoxy) is 1. The van der Waals surface area contributed by atoms with Crippen molar-refractivity contribution in [2.24, 2.45) is 7.05 Å². The molecule has 0 spiro atoms. The number of amides is 1. The zero-order valence-electron chi connectivity index (χ0n) is 19.7. The summed E-state index contributed by atoms with van der Waals surface area (Å²) in [7, 11) is -2.61. The van der Waals surface area contributed by atoms with Gasteiger partial charge in [0.15, 0.2) is 5.69 Å². The number of pyridine rings is 1. The van der Waals surface area contributed by atoms with Crippen molar-refractivity contribution >= 4 is 21.6 Å². The summed E-state index contributed by atoms with van der Waals surface area (Å²) in [6.07, 6.45) is 3.77. The van der Waals surface area contributed by atoms with Gasteiger partial charge in [-0.2, -0.15) is 5.10 Å². The van der Waals surface area contributed by atoms with Gasteiger partial charge in [0, 0.05) is 49.7 Å². The maximum absolute atomic E-state index is 13.0. The second kappa shape index (κ2) is 10.6. The summed E-state index contributed by atoms with van der Waals surface area (Å²) in [6.45, 7) is 5.33. The normalized spacial score (nSPS) is 12.2. The molecule has 2 aromatic heterocycles. The predicted octanol–water partition coefficient (Wildman–Crippen LogP) is 2.83. The van der Waals surface area contributed by atoms with Gasteiger partial charge in [-0.25, -0.2) is 17.8 Å². The second-order valence-corrected chi connectivity index (χ2v) is 9.55. The number of hydrogen-bond acceptors (Lipinski definition) is 8. The van der Waals surface area contributed by atoms with E-state index in [0.717, 1.165) is 17.7 Å². The van der Waals surface area contributed by atoms with E-state index in [9.17, 15) is 23.3 Å². The van der Waals surface area contributed by atoms with Gasteiger partial charge >= 0.3 is 0 Å². The molecule has 35 heavy (non-hydrogen) atoms. The van der Waals surface area contributed by atoms with E-state index in [1.54, 1.807) is 39.2 Å². The van der Waals surface area contributed by atoms with Crippen molar-refractivity contribution in [3.05, 3.63) is 69.7 Å². The number of nitro groups is 1. The summed E-state index contributed by atoms with van der Waals surface area (Å²) in [6, 6.07) is 6.46. The Hall–Kier alpha value is -3.84. The van der Waals surface area contributed by atoms with Crippen LogP contribution in [0, 0.1) is 17.0 Å². The van der Waals surface area contributed by atoms with Gasteiger partial charge in [-0.15, -0.1) is 0 Å². The smallest absolute Gasteiger partial charge is 0.272 e. The predicted molar refractivity (Wildman–Crippen MR) is 127 cm³/mol. The van der Waals surface area contributed by atoms with E-state index in [1.807, 2.05) is 6.07 Å². The molecular weight excluding hydrogens is 476 g/mol. The van der Waals surface area contributed by atoms with Crippen LogP contribution in [0.3, 0.4) is 0 Å². The number of aryl methyl sites for hydroxylation is 1. The van der Waals surface area contributed by atoms with Crippen LogP contribution in [0.25, 0.3) is 0 Å². The summed E-state index contributed by atoms with van der Waals surface area (Å²) in [4.78, 5) is 26.9. The standard InChI is InChI=1S/C22H26N6O6S/c1-5-14(2)26-35(32,33)19-11-17(28(30)31)8-9-18(19)34-22-15(3)20(25-27(22)4)21(29)24-13-16-7-6-10-23-12-16/h6-12,14,26H,5,13H2,1-4H3,(H,24,29)/t14-/m1/s1. The quantitative estimate of drug-likeness (QED) is 0.316. The van der Waals surface area contributed by atoms with Gasteiger partial charge in [0.05, 0.1) is 4.92 Å². The molecule has 1 atom stereocenters. The third-order valence-electron chi connectivity index (χ3n) is 5.21. The first-order valence-corrected chi connectivity index (χ1v) is 12.2. The molecule has 1 amide bonds. The van der Waals surface area contributed by atoms with Crippen LogP contribution in [0.15, 0.2) is 47.6 Å². The van der Waals surface area contributed by atoms with Crippen molar-refractivity contribution in [1.29, 1.82) is 0 Å². The molecule has 2 N–H and O–H groups in total. The van der Waals surface area contributed by atoms with Gasteiger partial charge in [-0.3, -0.25) is 19.9 Å². The fraction of sp³-hybridized carbons (Fsp3) is 0.318. The molecule has 1 aromatic carbocycles. The molecule has 186 valence electrons. The topological polar surface area (TPSA) is 158 Å². The number of rotatable bonds is 10. The minimum atomic E-state index is -4.15. The van der Waals surface area contributed by atoms with Crippen LogP contribution in [0.1, 0.15) is 41.9 Å². The van der Waals surface area contributed by atoms with Gasteiger partial charge in [0.1, 0.15) is 10.6 Å². The van der Waals surface area contributed by atoms with Crippen molar-refractivity contribution in [2.75, 3.05) is 0 Å². The number of carbonyl (C=O) groups excluding carboxylic acids is 1. The molecule has 0 aliphatic heterocycles. The van der Waals surface area contributed by atoms with Crippen LogP contribution in [0.5, 0.6) is 11.6 Å². The summed E-state index contributed by atoms with van der Waals surface area (Å²) >= 11 is 0. The molecule has 13 heteroatoms. The molecule has 12 nitrogen and oxygen atoms in total. The molecule has 0 aliphatic carbocycles. The lowest BCUT2D eigenvalue weighted by Gasteiger charge is -2.15. The fourth-order valence-electron chi connectivity index (χ4n) is 3.16. The van der Waals surface area contributed by atoms with Gasteiger partial charge in [-0.1, -0.05) is 13.0 Å². The Morgan fingerprint density at radius 1 is 1.31 bits per heavy atom. The van der Waals surface area contributed by atoms with E-state index in [-0.39, 0.29) is 23.9 Å². The molecule has 3 rings (SSSR count). The lowest BCUT2D eigenvalue weighted by Crippen LogP contribution is -2.32. The highest BCUT2D eigenvalue weighted by atomic mass is 32.2. The third kappa shape index (κ3) is 6.00. The van der Waals surface area contributed by atoms with E-state index in [4.69, 9.17) is 4.74 Å². The molecule has 0 radical (unpaired) electrons. The molecular formula is C22H26N6O6S. The lowest BCUT2D eigenvalue weighted by atomic mass is 10.2. The number of non-ortho nitro benzene ring substituents is 1. The summed E-state index contributed by atoms with van der Waals surface area (Å²) < 4.78 is 35.6. The van der Waals surface area contributed by atoms with Crippen LogP contribution < -0.4 is 14.8 Å². The Kier molecular flexibility index (Phi) is 7.82. The first-order chi connectivity index (χ1) is 16.5. The summed E-state index contributed by atoms with van der Waals surface area (Å²) in [5, 5.41) is 18.2. The van der Waals surface area contributed by atoms with E-state index < -0.39 is 37.5 Å². The largest absolute Gasteiger partial charge is 0.438 e. The number of benzene rings is 1. The monoisotopic (exact) mass is 502 g/mol. The van der Waals surface area contributed by atoms with Crippen molar-refractivity contribution in [2.45, 2.75) is 44.7 Å². The van der Waals surface area contributed by atoms with E-state index in [2.05, 4.69) is 20.1 Å². The lowest BCUT2D eigenvalue weighted by molar-refractivity contribution is -0.385. The molecule has 0 bridgehead atoms. The average Bonchev–Trinajstić information content (AvgIpc) is 3.11. The molecule has 2 heterocycles. The van der Waals surface area contributed by atoms with Gasteiger partial charge in [0.25, 0.3) is 11.6 Å². The van der Waals surface area contributed by atoms with Crippen LogP contribution in [-0.2, 0) is 23.6 Å². The first kappa shape index (κ1) is 25.8. The van der Waals surface area contributed by atoms with Crippen LogP contribution in [-0.4, -0.2) is 40.1 Å². The highest BCUT2D eigenvalue weighted by Gasteiger charge is 2.27. The Morgan fingerprint density at radius 3 is 2.69 bits per heavy atom. The molecule has 0 aliphatic rings. The van der Waals surface area contributed by atoms with Crippen LogP contribution >= 0.6 is 0 Å². The summed E-state index contributed by atoms with van der Waals surface area (Å²) in [5.41, 5.74) is 0.864. The number of nitrogens with one attached hydrogen (secondary N) is 2. The van der Waals surface area contributed by atoms with Gasteiger partial charge < -0.3 is 10.1 Å². The number of sulfonamides is 1. The highest BCUT2D eigenvalue weighted by Crippen LogP contribution is 2.34. The molecule has 3 aromatic rings. The van der Waals surface area contributed by atoms with Gasteiger partial charge in [-0.05, 0) is 38.0 Å². The highest BCUT2D eigenvalue weighted by molar-refractivity contribution is 7.89. The third-order valence-corrected chi connectivity index (χ3v) is 6.82. The van der Waals surface area contributed by atoms with Crippen molar-refractivity contribution < 1.29 is 22.9 Å². The van der Waals surface area contributed by atoms with E-state index in [0.29, 0.717) is 12.0 Å².